The van der Waals surface area contributed by atoms with Gasteiger partial charge in [-0.25, -0.2) is 0 Å². The Morgan fingerprint density at radius 2 is 2.19 bits per heavy atom. The van der Waals surface area contributed by atoms with E-state index in [1.807, 2.05) is 19.1 Å². The highest BCUT2D eigenvalue weighted by Crippen LogP contribution is 2.29. The Morgan fingerprint density at radius 3 is 2.76 bits per heavy atom. The first kappa shape index (κ1) is 15.6. The lowest BCUT2D eigenvalue weighted by Gasteiger charge is -2.31. The van der Waals surface area contributed by atoms with Gasteiger partial charge in [0.15, 0.2) is 0 Å². The zero-order valence-electron chi connectivity index (χ0n) is 12.8. The third-order valence-electron chi connectivity index (χ3n) is 4.19. The van der Waals surface area contributed by atoms with Gasteiger partial charge in [0.25, 0.3) is 0 Å². The second-order valence-corrected chi connectivity index (χ2v) is 5.87. The van der Waals surface area contributed by atoms with Crippen LogP contribution in [0.5, 0.6) is 0 Å². The Hall–Kier alpha value is -1.82. The summed E-state index contributed by atoms with van der Waals surface area (Å²) in [7, 11) is 1.70. The molecule has 1 amide bonds. The molecule has 0 bridgehead atoms. The van der Waals surface area contributed by atoms with E-state index in [0.29, 0.717) is 19.5 Å². The second kappa shape index (κ2) is 5.89. The summed E-state index contributed by atoms with van der Waals surface area (Å²) < 4.78 is 5.45. The van der Waals surface area contributed by atoms with E-state index in [9.17, 15) is 14.7 Å². The van der Waals surface area contributed by atoms with Gasteiger partial charge in [0.1, 0.15) is 17.1 Å². The topological polar surface area (TPSA) is 74.0 Å². The van der Waals surface area contributed by atoms with Gasteiger partial charge in [-0.3, -0.25) is 14.5 Å². The van der Waals surface area contributed by atoms with E-state index in [1.54, 1.807) is 23.8 Å². The molecule has 1 aliphatic heterocycles. The van der Waals surface area contributed by atoms with Crippen LogP contribution in [0.3, 0.4) is 0 Å². The molecule has 2 rings (SSSR count). The molecule has 0 spiro atoms. The number of likely N-dealkylation sites (tertiary alicyclic amines) is 1. The second-order valence-electron chi connectivity index (χ2n) is 5.87. The summed E-state index contributed by atoms with van der Waals surface area (Å²) in [6, 6.07) is 3.70. The normalized spacial score (nSPS) is 22.4. The molecule has 0 aliphatic carbocycles. The predicted molar refractivity (Wildman–Crippen MR) is 76.8 cm³/mol. The lowest BCUT2D eigenvalue weighted by molar-refractivity contribution is -0.150. The van der Waals surface area contributed by atoms with Crippen molar-refractivity contribution < 1.29 is 19.1 Å². The third-order valence-corrected chi connectivity index (χ3v) is 4.19. The molecule has 0 radical (unpaired) electrons. The van der Waals surface area contributed by atoms with Crippen molar-refractivity contribution in [3.05, 3.63) is 23.7 Å². The lowest BCUT2D eigenvalue weighted by Crippen LogP contribution is -2.51. The Balaban J connectivity index is 1.96. The number of likely N-dealkylation sites (N-methyl/N-ethyl adjacent to an activating group) is 1. The maximum Gasteiger partial charge on any atom is 0.323 e. The Morgan fingerprint density at radius 1 is 1.48 bits per heavy atom. The molecule has 6 heteroatoms. The molecule has 2 heterocycles. The van der Waals surface area contributed by atoms with Crippen LogP contribution in [0.25, 0.3) is 0 Å². The van der Waals surface area contributed by atoms with E-state index in [4.69, 9.17) is 4.42 Å². The van der Waals surface area contributed by atoms with Crippen LogP contribution in [-0.2, 0) is 16.1 Å². The Kier molecular flexibility index (Phi) is 4.37. The fraction of sp³-hybridized carbons (Fsp3) is 0.600. The number of furan rings is 1. The maximum absolute atomic E-state index is 12.3. The smallest absolute Gasteiger partial charge is 0.323 e. The zero-order valence-corrected chi connectivity index (χ0v) is 12.8. The van der Waals surface area contributed by atoms with Crippen molar-refractivity contribution in [3.63, 3.8) is 0 Å². The summed E-state index contributed by atoms with van der Waals surface area (Å²) in [5, 5.41) is 9.35. The van der Waals surface area contributed by atoms with Crippen LogP contribution in [0.4, 0.5) is 0 Å². The largest absolute Gasteiger partial charge is 0.480 e. The quantitative estimate of drug-likeness (QED) is 0.890. The zero-order chi connectivity index (χ0) is 15.6. The fourth-order valence-electron chi connectivity index (χ4n) is 2.69. The number of rotatable bonds is 5. The first-order valence-corrected chi connectivity index (χ1v) is 7.10. The van der Waals surface area contributed by atoms with Gasteiger partial charge in [0.2, 0.25) is 5.91 Å². The molecule has 1 N–H and O–H groups in total. The predicted octanol–water partition coefficient (Wildman–Crippen LogP) is 1.49. The molecule has 1 unspecified atom stereocenters. The average Bonchev–Trinajstić information content (AvgIpc) is 2.97. The molecule has 1 fully saturated rings. The molecule has 1 aromatic rings. The number of hydrogen-bond acceptors (Lipinski definition) is 4. The van der Waals surface area contributed by atoms with Crippen molar-refractivity contribution in [2.45, 2.75) is 38.8 Å². The van der Waals surface area contributed by atoms with Gasteiger partial charge < -0.3 is 14.4 Å². The van der Waals surface area contributed by atoms with Gasteiger partial charge >= 0.3 is 5.97 Å². The van der Waals surface area contributed by atoms with Gasteiger partial charge in [-0.2, -0.15) is 0 Å². The van der Waals surface area contributed by atoms with Gasteiger partial charge in [-0.15, -0.1) is 0 Å². The minimum atomic E-state index is -0.933. The molecule has 1 atom stereocenters. The van der Waals surface area contributed by atoms with Gasteiger partial charge in [0.05, 0.1) is 13.1 Å². The van der Waals surface area contributed by atoms with E-state index >= 15 is 0 Å². The van der Waals surface area contributed by atoms with Crippen LogP contribution in [0.2, 0.25) is 0 Å². The first-order chi connectivity index (χ1) is 9.83. The van der Waals surface area contributed by atoms with Crippen molar-refractivity contribution in [1.82, 2.24) is 9.80 Å². The first-order valence-electron chi connectivity index (χ1n) is 7.10. The number of carboxylic acids is 1. The molecule has 6 nitrogen and oxygen atoms in total. The molecule has 116 valence electrons. The van der Waals surface area contributed by atoms with Crippen molar-refractivity contribution in [3.8, 4) is 0 Å². The number of hydrogen-bond donors (Lipinski definition) is 1. The number of aliphatic carboxylic acids is 1. The summed E-state index contributed by atoms with van der Waals surface area (Å²) in [5.41, 5.74) is -0.933. The number of carbonyl (C=O) groups is 2. The van der Waals surface area contributed by atoms with E-state index in [1.165, 1.54) is 0 Å². The van der Waals surface area contributed by atoms with Crippen LogP contribution < -0.4 is 0 Å². The molecular formula is C15H22N2O4. The van der Waals surface area contributed by atoms with Gasteiger partial charge in [-0.05, 0) is 45.4 Å². The summed E-state index contributed by atoms with van der Waals surface area (Å²) in [6.07, 6.45) is 1.38. The van der Waals surface area contributed by atoms with Crippen LogP contribution in [-0.4, -0.2) is 52.5 Å². The highest BCUT2D eigenvalue weighted by atomic mass is 16.4. The molecule has 1 saturated heterocycles. The van der Waals surface area contributed by atoms with Gasteiger partial charge in [-0.1, -0.05) is 0 Å². The monoisotopic (exact) mass is 294 g/mol. The van der Waals surface area contributed by atoms with Crippen molar-refractivity contribution in [1.29, 1.82) is 0 Å². The van der Waals surface area contributed by atoms with Crippen LogP contribution >= 0.6 is 0 Å². The molecule has 1 aliphatic rings. The fourth-order valence-corrected chi connectivity index (χ4v) is 2.69. The van der Waals surface area contributed by atoms with Crippen molar-refractivity contribution in [2.75, 3.05) is 20.1 Å². The molecule has 0 saturated carbocycles. The highest BCUT2D eigenvalue weighted by molar-refractivity contribution is 5.82. The number of aryl methyl sites for hydroxylation is 1. The van der Waals surface area contributed by atoms with E-state index < -0.39 is 11.5 Å². The Bertz CT molecular complexity index is 540. The Labute approximate surface area is 124 Å². The van der Waals surface area contributed by atoms with Crippen molar-refractivity contribution in [2.24, 2.45) is 0 Å². The minimum Gasteiger partial charge on any atom is -0.480 e. The third kappa shape index (κ3) is 3.26. The minimum absolute atomic E-state index is 0.0987. The number of carbonyl (C=O) groups excluding carboxylic acids is 1. The van der Waals surface area contributed by atoms with E-state index in [0.717, 1.165) is 17.9 Å². The summed E-state index contributed by atoms with van der Waals surface area (Å²) in [5.74, 6) is 0.574. The lowest BCUT2D eigenvalue weighted by atomic mass is 9.99. The average molecular weight is 294 g/mol. The molecule has 1 aromatic heterocycles. The van der Waals surface area contributed by atoms with E-state index in [2.05, 4.69) is 0 Å². The number of amides is 1. The van der Waals surface area contributed by atoms with Gasteiger partial charge in [0, 0.05) is 7.05 Å². The summed E-state index contributed by atoms with van der Waals surface area (Å²) >= 11 is 0. The number of carboxylic acid groups (broad SMARTS) is 1. The summed E-state index contributed by atoms with van der Waals surface area (Å²) in [4.78, 5) is 27.0. The highest BCUT2D eigenvalue weighted by Gasteiger charge is 2.44. The summed E-state index contributed by atoms with van der Waals surface area (Å²) in [6.45, 7) is 4.70. The van der Waals surface area contributed by atoms with Crippen molar-refractivity contribution >= 4 is 11.9 Å². The molecule has 21 heavy (non-hydrogen) atoms. The SMILES string of the molecule is Cc1ccc(CN(C)C(=O)CN2CCCC2(C)C(=O)O)o1. The molecular weight excluding hydrogens is 272 g/mol. The maximum atomic E-state index is 12.3. The van der Waals surface area contributed by atoms with Crippen LogP contribution in [0.1, 0.15) is 31.3 Å². The molecule has 0 aromatic carbocycles. The van der Waals surface area contributed by atoms with Crippen LogP contribution in [0, 0.1) is 6.92 Å². The van der Waals surface area contributed by atoms with Crippen LogP contribution in [0.15, 0.2) is 16.5 Å². The van der Waals surface area contributed by atoms with E-state index in [-0.39, 0.29) is 12.5 Å². The standard InChI is InChI=1S/C15H22N2O4/c1-11-5-6-12(21-11)9-16(3)13(18)10-17-8-4-7-15(17,2)14(19)20/h5-6H,4,7-10H2,1-3H3,(H,19,20). The number of nitrogens with zero attached hydrogens (tertiary/aromatic N) is 2.